The number of rotatable bonds is 13. The van der Waals surface area contributed by atoms with E-state index >= 15 is 0 Å². The molecular weight excluding hydrogens is 733 g/mol. The van der Waals surface area contributed by atoms with Crippen molar-refractivity contribution in [3.63, 3.8) is 0 Å². The summed E-state index contributed by atoms with van der Waals surface area (Å²) in [6.07, 6.45) is 4.74. The first kappa shape index (κ1) is 38.6. The molecule has 14 nitrogen and oxygen atoms in total. The topological polar surface area (TPSA) is 193 Å². The summed E-state index contributed by atoms with van der Waals surface area (Å²) in [5.74, 6) is -0.886. The molecule has 292 valence electrons. The van der Waals surface area contributed by atoms with Crippen LogP contribution >= 0.6 is 11.3 Å². The SMILES string of the molecule is CC(=O)N[C@@H](C(=O)N1CCC[C@H]1C(=O)Cc1cc2nc(-c3ccc(-c4cnc([C@@H]5CCCN5C(=O)[C@@H](NC(=O)CO)C(C)C)[nH]4)cc3)sc2[nH]1)c1ccccc1. The van der Waals surface area contributed by atoms with Crippen LogP contribution in [-0.4, -0.2) is 96.0 Å². The van der Waals surface area contributed by atoms with Gasteiger partial charge in [0.05, 0.1) is 24.0 Å². The number of imidazole rings is 1. The van der Waals surface area contributed by atoms with Gasteiger partial charge in [-0.2, -0.15) is 0 Å². The van der Waals surface area contributed by atoms with Crippen LogP contribution in [0.15, 0.2) is 66.9 Å². The van der Waals surface area contributed by atoms with E-state index in [0.29, 0.717) is 37.3 Å². The van der Waals surface area contributed by atoms with Crippen LogP contribution in [-0.2, 0) is 30.4 Å². The van der Waals surface area contributed by atoms with E-state index in [0.717, 1.165) is 50.7 Å². The second-order valence-corrected chi connectivity index (χ2v) is 15.8. The monoisotopic (exact) mass is 778 g/mol. The summed E-state index contributed by atoms with van der Waals surface area (Å²) in [5.41, 5.74) is 4.84. The third-order valence-electron chi connectivity index (χ3n) is 10.5. The molecule has 0 aliphatic carbocycles. The third-order valence-corrected chi connectivity index (χ3v) is 11.6. The summed E-state index contributed by atoms with van der Waals surface area (Å²) in [7, 11) is 0. The number of hydrogen-bond acceptors (Lipinski definition) is 9. The lowest BCUT2D eigenvalue weighted by Crippen LogP contribution is -2.51. The number of aliphatic hydroxyl groups excluding tert-OH is 1. The maximum Gasteiger partial charge on any atom is 0.250 e. The molecule has 2 aromatic carbocycles. The van der Waals surface area contributed by atoms with Gasteiger partial charge in [-0.1, -0.05) is 79.8 Å². The fourth-order valence-electron chi connectivity index (χ4n) is 7.73. The number of ketones is 1. The van der Waals surface area contributed by atoms with Gasteiger partial charge in [0.25, 0.3) is 0 Å². The second kappa shape index (κ2) is 16.6. The molecule has 4 atom stereocenters. The van der Waals surface area contributed by atoms with Crippen molar-refractivity contribution in [2.75, 3.05) is 19.7 Å². The standard InChI is InChI=1S/C41H46N8O6S/c1-23(2)35(47-34(53)22-50)40(54)49-18-8-12-32(49)37-42-21-30(45-37)25-13-15-27(16-14-25)38-46-29-19-28(44-39(29)56-38)20-33(52)31-11-7-17-48(31)41(55)36(43-24(3)51)26-9-5-4-6-10-26/h4-6,9-10,13-16,19,21,23,31-32,35-36,44,50H,7-8,11-12,17-18,20,22H2,1-3H3,(H,42,45)(H,43,51)(H,47,53)/t31-,32-,35-,36+/m0/s1. The number of benzene rings is 2. The number of H-pyrrole nitrogens is 2. The van der Waals surface area contributed by atoms with Crippen molar-refractivity contribution in [3.8, 4) is 21.8 Å². The molecule has 5 heterocycles. The number of hydrogen-bond donors (Lipinski definition) is 5. The summed E-state index contributed by atoms with van der Waals surface area (Å²) in [4.78, 5) is 85.2. The molecule has 3 aromatic heterocycles. The number of aromatic amines is 2. The van der Waals surface area contributed by atoms with Gasteiger partial charge in [-0.05, 0) is 48.8 Å². The minimum Gasteiger partial charge on any atom is -0.387 e. The predicted octanol–water partition coefficient (Wildman–Crippen LogP) is 4.46. The highest BCUT2D eigenvalue weighted by Gasteiger charge is 2.39. The smallest absolute Gasteiger partial charge is 0.250 e. The molecule has 2 aliphatic rings. The van der Waals surface area contributed by atoms with Crippen molar-refractivity contribution in [1.82, 2.24) is 40.4 Å². The number of carbonyl (C=O) groups is 5. The number of aliphatic hydroxyl groups is 1. The Labute approximate surface area is 328 Å². The molecule has 15 heteroatoms. The Hall–Kier alpha value is -5.67. The minimum atomic E-state index is -0.856. The highest BCUT2D eigenvalue weighted by atomic mass is 32.1. The Morgan fingerprint density at radius 3 is 2.32 bits per heavy atom. The van der Waals surface area contributed by atoms with Crippen molar-refractivity contribution < 1.29 is 29.1 Å². The molecule has 2 saturated heterocycles. The first-order valence-electron chi connectivity index (χ1n) is 19.0. The van der Waals surface area contributed by atoms with Gasteiger partial charge >= 0.3 is 0 Å². The van der Waals surface area contributed by atoms with Gasteiger partial charge in [-0.15, -0.1) is 0 Å². The van der Waals surface area contributed by atoms with Crippen LogP contribution in [0.2, 0.25) is 0 Å². The summed E-state index contributed by atoms with van der Waals surface area (Å²) >= 11 is 1.50. The second-order valence-electron chi connectivity index (χ2n) is 14.8. The summed E-state index contributed by atoms with van der Waals surface area (Å²) < 4.78 is 0. The molecule has 5 N–H and O–H groups in total. The number of nitrogens with zero attached hydrogens (tertiary/aromatic N) is 4. The van der Waals surface area contributed by atoms with E-state index in [1.807, 2.05) is 62.4 Å². The van der Waals surface area contributed by atoms with Gasteiger partial charge in [0.1, 0.15) is 39.9 Å². The van der Waals surface area contributed by atoms with Gasteiger partial charge in [0.2, 0.25) is 23.6 Å². The molecule has 0 spiro atoms. The molecule has 2 fully saturated rings. The number of aromatic nitrogens is 4. The number of likely N-dealkylation sites (tertiary alicyclic amines) is 2. The van der Waals surface area contributed by atoms with Crippen LogP contribution in [0.5, 0.6) is 0 Å². The van der Waals surface area contributed by atoms with Crippen LogP contribution in [0.3, 0.4) is 0 Å². The zero-order valence-electron chi connectivity index (χ0n) is 31.6. The molecular formula is C41H46N8O6S. The molecule has 0 saturated carbocycles. The predicted molar refractivity (Wildman–Crippen MR) is 211 cm³/mol. The summed E-state index contributed by atoms with van der Waals surface area (Å²) in [6, 6.07) is 16.5. The average molecular weight is 779 g/mol. The van der Waals surface area contributed by atoms with Gasteiger partial charge < -0.3 is 35.5 Å². The van der Waals surface area contributed by atoms with Gasteiger partial charge in [-0.3, -0.25) is 24.0 Å². The summed E-state index contributed by atoms with van der Waals surface area (Å²) in [5, 5.41) is 15.5. The average Bonchev–Trinajstić information content (AvgIpc) is 4.04. The fraction of sp³-hybridized carbons (Fsp3) is 0.390. The molecule has 56 heavy (non-hydrogen) atoms. The summed E-state index contributed by atoms with van der Waals surface area (Å²) in [6.45, 7) is 5.45. The van der Waals surface area contributed by atoms with Crippen molar-refractivity contribution in [1.29, 1.82) is 0 Å². The van der Waals surface area contributed by atoms with Crippen molar-refractivity contribution in [3.05, 3.63) is 83.9 Å². The minimum absolute atomic E-state index is 0.0595. The zero-order valence-corrected chi connectivity index (χ0v) is 32.4. The molecule has 5 aromatic rings. The van der Waals surface area contributed by atoms with E-state index in [2.05, 4.69) is 25.6 Å². The first-order valence-corrected chi connectivity index (χ1v) is 19.8. The first-order chi connectivity index (χ1) is 27.0. The van der Waals surface area contributed by atoms with E-state index in [1.54, 1.807) is 28.1 Å². The Bertz CT molecular complexity index is 2200. The van der Waals surface area contributed by atoms with Crippen LogP contribution < -0.4 is 10.6 Å². The highest BCUT2D eigenvalue weighted by Crippen LogP contribution is 2.35. The Morgan fingerprint density at radius 2 is 1.62 bits per heavy atom. The number of fused-ring (bicyclic) bond motifs is 1. The molecule has 4 amide bonds. The van der Waals surface area contributed by atoms with Gasteiger partial charge in [-0.25, -0.2) is 9.97 Å². The number of Topliss-reactive ketones (excluding diaryl/α,β-unsaturated/α-hetero) is 1. The lowest BCUT2D eigenvalue weighted by molar-refractivity contribution is -0.140. The van der Waals surface area contributed by atoms with E-state index < -0.39 is 30.6 Å². The Balaban J connectivity index is 0.994. The van der Waals surface area contributed by atoms with Gasteiger partial charge in [0, 0.05) is 37.7 Å². The third kappa shape index (κ3) is 8.14. The van der Waals surface area contributed by atoms with Crippen LogP contribution in [0.4, 0.5) is 0 Å². The molecule has 0 radical (unpaired) electrons. The Morgan fingerprint density at radius 1 is 0.911 bits per heavy atom. The fourth-order valence-corrected chi connectivity index (χ4v) is 8.71. The van der Waals surface area contributed by atoms with Crippen molar-refractivity contribution >= 4 is 51.1 Å². The van der Waals surface area contributed by atoms with Gasteiger partial charge in [0.15, 0.2) is 5.78 Å². The van der Waals surface area contributed by atoms with E-state index in [9.17, 15) is 29.1 Å². The molecule has 7 rings (SSSR count). The van der Waals surface area contributed by atoms with Crippen LogP contribution in [0.1, 0.15) is 75.6 Å². The van der Waals surface area contributed by atoms with Crippen molar-refractivity contribution in [2.24, 2.45) is 5.92 Å². The van der Waals surface area contributed by atoms with Crippen molar-refractivity contribution in [2.45, 2.75) is 77.0 Å². The van der Waals surface area contributed by atoms with Crippen LogP contribution in [0.25, 0.3) is 32.2 Å². The lowest BCUT2D eigenvalue weighted by Gasteiger charge is -2.30. The molecule has 0 unspecified atom stereocenters. The highest BCUT2D eigenvalue weighted by molar-refractivity contribution is 7.21. The number of amides is 4. The number of carbonyl (C=O) groups excluding carboxylic acids is 5. The molecule has 0 bridgehead atoms. The van der Waals surface area contributed by atoms with E-state index in [4.69, 9.17) is 4.98 Å². The molecule has 2 aliphatic heterocycles. The zero-order chi connectivity index (χ0) is 39.5. The lowest BCUT2D eigenvalue weighted by atomic mass is 10.0. The normalized spacial score (nSPS) is 18.0. The quantitative estimate of drug-likeness (QED) is 0.116. The van der Waals surface area contributed by atoms with Crippen LogP contribution in [0, 0.1) is 5.92 Å². The largest absolute Gasteiger partial charge is 0.387 e. The Kier molecular flexibility index (Phi) is 11.4. The maximum absolute atomic E-state index is 13.7. The number of nitrogens with one attached hydrogen (secondary N) is 4. The van der Waals surface area contributed by atoms with E-state index in [1.165, 1.54) is 18.3 Å². The maximum atomic E-state index is 13.7. The number of thiazole rings is 1. The van der Waals surface area contributed by atoms with E-state index in [-0.39, 0.29) is 41.9 Å².